The van der Waals surface area contributed by atoms with Crippen molar-refractivity contribution < 1.29 is 17.9 Å². The number of carbonyl (C=O) groups excluding carboxylic acids is 1. The van der Waals surface area contributed by atoms with E-state index in [4.69, 9.17) is 4.74 Å². The highest BCUT2D eigenvalue weighted by atomic mass is 32.2. The number of nitrogens with one attached hydrogen (secondary N) is 1. The topological polar surface area (TPSA) is 101 Å². The summed E-state index contributed by atoms with van der Waals surface area (Å²) < 4.78 is 31.7. The molecule has 1 amide bonds. The van der Waals surface area contributed by atoms with Gasteiger partial charge < -0.3 is 9.64 Å². The van der Waals surface area contributed by atoms with E-state index < -0.39 is 21.8 Å². The van der Waals surface area contributed by atoms with Crippen molar-refractivity contribution in [1.82, 2.24) is 4.98 Å². The quantitative estimate of drug-likeness (QED) is 0.233. The fraction of sp³-hybridized carbons (Fsp3) is 0.276. The minimum Gasteiger partial charge on any atom is -0.476 e. The highest BCUT2D eigenvalue weighted by Crippen LogP contribution is 2.31. The van der Waals surface area contributed by atoms with E-state index in [2.05, 4.69) is 40.1 Å². The molecule has 0 saturated carbocycles. The number of hydrogen-bond acceptors (Lipinski definition) is 8. The van der Waals surface area contributed by atoms with Crippen molar-refractivity contribution in [2.24, 2.45) is 4.99 Å². The molecule has 1 N–H and O–H groups in total. The lowest BCUT2D eigenvalue weighted by molar-refractivity contribution is -0.123. The number of sulfone groups is 1. The van der Waals surface area contributed by atoms with Gasteiger partial charge in [-0.1, -0.05) is 30.4 Å². The standard InChI is InChI=1S/C29H32N4O4S2/c1-5-33(6-2)22-12-17-26-25(18-22)31-29(38-26)32-28(34)27(37-23-13-8-20(9-14-23)19-30-4)21-10-15-24(16-11-21)39(35,36)7-3/h8-19,27H,5-7H2,1-4H3,(H,31,32,34)/b30-19+. The third-order valence-electron chi connectivity index (χ3n) is 6.30. The monoisotopic (exact) mass is 564 g/mol. The van der Waals surface area contributed by atoms with Crippen molar-refractivity contribution in [2.75, 3.05) is 36.1 Å². The first-order valence-electron chi connectivity index (χ1n) is 12.8. The van der Waals surface area contributed by atoms with Crippen LogP contribution in [0.1, 0.15) is 38.0 Å². The summed E-state index contributed by atoms with van der Waals surface area (Å²) in [7, 11) is -1.68. The summed E-state index contributed by atoms with van der Waals surface area (Å²) in [4.78, 5) is 24.6. The first-order chi connectivity index (χ1) is 18.8. The predicted octanol–water partition coefficient (Wildman–Crippen LogP) is 5.74. The van der Waals surface area contributed by atoms with Crippen LogP contribution in [-0.4, -0.2) is 51.4 Å². The molecule has 10 heteroatoms. The van der Waals surface area contributed by atoms with Crippen LogP contribution in [0.3, 0.4) is 0 Å². The Morgan fingerprint density at radius 2 is 1.74 bits per heavy atom. The summed E-state index contributed by atoms with van der Waals surface area (Å²) in [5.74, 6) is 0.0680. The molecule has 3 aromatic carbocycles. The largest absolute Gasteiger partial charge is 0.476 e. The number of nitrogens with zero attached hydrogens (tertiary/aromatic N) is 3. The number of aromatic nitrogens is 1. The summed E-state index contributed by atoms with van der Waals surface area (Å²) in [5.41, 5.74) is 3.31. The van der Waals surface area contributed by atoms with Crippen LogP contribution >= 0.6 is 11.3 Å². The summed E-state index contributed by atoms with van der Waals surface area (Å²) in [5, 5.41) is 3.36. The molecule has 4 aromatic rings. The Morgan fingerprint density at radius 3 is 2.36 bits per heavy atom. The second-order valence-corrected chi connectivity index (χ2v) is 12.1. The first-order valence-corrected chi connectivity index (χ1v) is 15.2. The molecule has 0 spiro atoms. The van der Waals surface area contributed by atoms with E-state index in [0.29, 0.717) is 16.4 Å². The minimum absolute atomic E-state index is 0.00618. The Bertz CT molecular complexity index is 1560. The Labute approximate surface area is 233 Å². The number of thiazole rings is 1. The molecule has 0 saturated heterocycles. The van der Waals surface area contributed by atoms with Crippen LogP contribution in [-0.2, 0) is 14.6 Å². The van der Waals surface area contributed by atoms with Gasteiger partial charge in [-0.25, -0.2) is 13.4 Å². The van der Waals surface area contributed by atoms with E-state index in [9.17, 15) is 13.2 Å². The number of benzene rings is 3. The Balaban J connectivity index is 1.63. The van der Waals surface area contributed by atoms with E-state index in [0.717, 1.165) is 34.6 Å². The lowest BCUT2D eigenvalue weighted by Gasteiger charge is -2.20. The zero-order valence-corrected chi connectivity index (χ0v) is 24.1. The zero-order chi connectivity index (χ0) is 28.0. The van der Waals surface area contributed by atoms with Crippen molar-refractivity contribution in [3.8, 4) is 5.75 Å². The molecule has 1 heterocycles. The second-order valence-electron chi connectivity index (χ2n) is 8.76. The number of ether oxygens (including phenoxy) is 1. The van der Waals surface area contributed by atoms with Gasteiger partial charge in [-0.3, -0.25) is 15.1 Å². The Kier molecular flexibility index (Phi) is 8.98. The van der Waals surface area contributed by atoms with Gasteiger partial charge in [0.15, 0.2) is 15.0 Å². The average Bonchev–Trinajstić information content (AvgIpc) is 3.35. The number of rotatable bonds is 11. The highest BCUT2D eigenvalue weighted by Gasteiger charge is 2.25. The molecule has 204 valence electrons. The van der Waals surface area contributed by atoms with Gasteiger partial charge in [0.05, 0.1) is 20.9 Å². The first kappa shape index (κ1) is 28.3. The number of amides is 1. The molecule has 4 rings (SSSR count). The molecule has 0 fully saturated rings. The smallest absolute Gasteiger partial charge is 0.271 e. The van der Waals surface area contributed by atoms with Crippen LogP contribution in [0.5, 0.6) is 5.75 Å². The third-order valence-corrected chi connectivity index (χ3v) is 9.00. The van der Waals surface area contributed by atoms with Crippen molar-refractivity contribution in [3.63, 3.8) is 0 Å². The van der Waals surface area contributed by atoms with Gasteiger partial charge in [-0.2, -0.15) is 0 Å². The summed E-state index contributed by atoms with van der Waals surface area (Å²) in [6.07, 6.45) is 0.687. The molecular weight excluding hydrogens is 532 g/mol. The van der Waals surface area contributed by atoms with Gasteiger partial charge in [-0.15, -0.1) is 0 Å². The molecule has 1 aromatic heterocycles. The molecule has 1 atom stereocenters. The van der Waals surface area contributed by atoms with Crippen molar-refractivity contribution >= 4 is 54.3 Å². The SMILES string of the molecule is CCN(CC)c1ccc2sc(NC(=O)C(Oc3ccc(/C=N/C)cc3)c3ccc(S(=O)(=O)CC)cc3)nc2c1. The Hall–Kier alpha value is -3.76. The van der Waals surface area contributed by atoms with Crippen LogP contribution in [0.15, 0.2) is 76.6 Å². The van der Waals surface area contributed by atoms with Crippen molar-refractivity contribution in [2.45, 2.75) is 31.8 Å². The fourth-order valence-electron chi connectivity index (χ4n) is 4.13. The lowest BCUT2D eigenvalue weighted by atomic mass is 10.1. The van der Waals surface area contributed by atoms with Gasteiger partial charge in [0.2, 0.25) is 6.10 Å². The normalized spacial score (nSPS) is 12.5. The maximum atomic E-state index is 13.6. The van der Waals surface area contributed by atoms with Gasteiger partial charge in [0.25, 0.3) is 5.91 Å². The zero-order valence-electron chi connectivity index (χ0n) is 22.4. The lowest BCUT2D eigenvalue weighted by Crippen LogP contribution is -2.25. The number of anilines is 2. The number of fused-ring (bicyclic) bond motifs is 1. The van der Waals surface area contributed by atoms with E-state index in [1.54, 1.807) is 44.5 Å². The summed E-state index contributed by atoms with van der Waals surface area (Å²) in [6.45, 7) is 7.59. The maximum Gasteiger partial charge on any atom is 0.271 e. The molecule has 1 unspecified atom stereocenters. The number of hydrogen-bond donors (Lipinski definition) is 1. The van der Waals surface area contributed by atoms with E-state index >= 15 is 0 Å². The molecule has 0 bridgehead atoms. The average molecular weight is 565 g/mol. The van der Waals surface area contributed by atoms with Crippen LogP contribution in [0, 0.1) is 0 Å². The molecule has 0 radical (unpaired) electrons. The third kappa shape index (κ3) is 6.63. The van der Waals surface area contributed by atoms with Crippen molar-refractivity contribution in [3.05, 3.63) is 77.9 Å². The van der Waals surface area contributed by atoms with Gasteiger partial charge in [0.1, 0.15) is 5.75 Å². The summed E-state index contributed by atoms with van der Waals surface area (Å²) in [6, 6.07) is 19.5. The van der Waals surface area contributed by atoms with Gasteiger partial charge >= 0.3 is 0 Å². The molecule has 8 nitrogen and oxygen atoms in total. The number of carbonyl (C=O) groups is 1. The van der Waals surface area contributed by atoms with Gasteiger partial charge in [0, 0.05) is 37.6 Å². The van der Waals surface area contributed by atoms with Crippen LogP contribution in [0.2, 0.25) is 0 Å². The van der Waals surface area contributed by atoms with E-state index in [1.807, 2.05) is 24.3 Å². The minimum atomic E-state index is -3.37. The van der Waals surface area contributed by atoms with Crippen LogP contribution in [0.25, 0.3) is 10.2 Å². The fourth-order valence-corrected chi connectivity index (χ4v) is 5.87. The predicted molar refractivity (Wildman–Crippen MR) is 159 cm³/mol. The number of aliphatic imine (C=N–C) groups is 1. The van der Waals surface area contributed by atoms with Gasteiger partial charge in [-0.05, 0) is 74.0 Å². The van der Waals surface area contributed by atoms with Crippen molar-refractivity contribution in [1.29, 1.82) is 0 Å². The Morgan fingerprint density at radius 1 is 1.05 bits per heavy atom. The molecular formula is C29H32N4O4S2. The highest BCUT2D eigenvalue weighted by molar-refractivity contribution is 7.91. The molecule has 39 heavy (non-hydrogen) atoms. The van der Waals surface area contributed by atoms with Crippen LogP contribution in [0.4, 0.5) is 10.8 Å². The second kappa shape index (κ2) is 12.4. The van der Waals surface area contributed by atoms with E-state index in [-0.39, 0.29) is 10.6 Å². The molecule has 0 aliphatic heterocycles. The summed E-state index contributed by atoms with van der Waals surface area (Å²) >= 11 is 1.39. The van der Waals surface area contributed by atoms with Crippen LogP contribution < -0.4 is 15.0 Å². The maximum absolute atomic E-state index is 13.6. The molecule has 0 aliphatic rings. The molecule has 0 aliphatic carbocycles. The van der Waals surface area contributed by atoms with E-state index in [1.165, 1.54) is 23.5 Å².